The summed E-state index contributed by atoms with van der Waals surface area (Å²) in [5, 5.41) is 13.2. The molecule has 0 aliphatic carbocycles. The fourth-order valence-electron chi connectivity index (χ4n) is 2.14. The van der Waals surface area contributed by atoms with Crippen molar-refractivity contribution in [1.29, 1.82) is 0 Å². The number of rotatable bonds is 2. The largest absolute Gasteiger partial charge is 0.477 e. The summed E-state index contributed by atoms with van der Waals surface area (Å²) in [6.45, 7) is 0. The first kappa shape index (κ1) is 13.0. The van der Waals surface area contributed by atoms with Gasteiger partial charge >= 0.3 is 5.97 Å². The Morgan fingerprint density at radius 3 is 2.52 bits per heavy atom. The van der Waals surface area contributed by atoms with Crippen molar-refractivity contribution in [2.75, 3.05) is 0 Å². The SMILES string of the molecule is Cn1c(C(=O)O)cc(=O)n2nc(-c3ccc(F)cc3)cc12. The summed E-state index contributed by atoms with van der Waals surface area (Å²) >= 11 is 0. The maximum absolute atomic E-state index is 12.9. The normalized spacial score (nSPS) is 11.0. The van der Waals surface area contributed by atoms with Crippen molar-refractivity contribution in [2.45, 2.75) is 0 Å². The zero-order valence-electron chi connectivity index (χ0n) is 10.9. The van der Waals surface area contributed by atoms with Crippen LogP contribution in [-0.2, 0) is 7.05 Å². The molecule has 7 heteroatoms. The molecule has 3 rings (SSSR count). The molecule has 0 aliphatic heterocycles. The van der Waals surface area contributed by atoms with E-state index < -0.39 is 11.5 Å². The van der Waals surface area contributed by atoms with Crippen molar-refractivity contribution in [3.63, 3.8) is 0 Å². The number of aromatic carboxylic acids is 1. The summed E-state index contributed by atoms with van der Waals surface area (Å²) in [5.74, 6) is -1.56. The molecule has 1 aromatic carbocycles. The Bertz CT molecular complexity index is 910. The van der Waals surface area contributed by atoms with Crippen molar-refractivity contribution in [1.82, 2.24) is 14.2 Å². The van der Waals surface area contributed by atoms with Gasteiger partial charge in [0.15, 0.2) is 0 Å². The fraction of sp³-hybridized carbons (Fsp3) is 0.0714. The van der Waals surface area contributed by atoms with Gasteiger partial charge in [0, 0.05) is 24.7 Å². The molecule has 0 unspecified atom stereocenters. The number of halogens is 1. The lowest BCUT2D eigenvalue weighted by molar-refractivity contribution is 0.0685. The van der Waals surface area contributed by atoms with Crippen LogP contribution < -0.4 is 5.56 Å². The average Bonchev–Trinajstić information content (AvgIpc) is 2.89. The topological polar surface area (TPSA) is 76.6 Å². The highest BCUT2D eigenvalue weighted by atomic mass is 19.1. The number of fused-ring (bicyclic) bond motifs is 1. The number of carboxylic acid groups (broad SMARTS) is 1. The van der Waals surface area contributed by atoms with E-state index in [0.717, 1.165) is 10.6 Å². The van der Waals surface area contributed by atoms with Crippen LogP contribution in [0.2, 0.25) is 0 Å². The lowest BCUT2D eigenvalue weighted by atomic mass is 10.1. The molecule has 0 bridgehead atoms. The Balaban J connectivity index is 2.27. The van der Waals surface area contributed by atoms with Crippen LogP contribution >= 0.6 is 0 Å². The Kier molecular flexibility index (Phi) is 2.83. The van der Waals surface area contributed by atoms with Crippen molar-refractivity contribution in [3.8, 4) is 11.3 Å². The van der Waals surface area contributed by atoms with E-state index >= 15 is 0 Å². The second-order valence-corrected chi connectivity index (χ2v) is 4.54. The lowest BCUT2D eigenvalue weighted by Gasteiger charge is -2.05. The Labute approximate surface area is 117 Å². The maximum atomic E-state index is 12.9. The van der Waals surface area contributed by atoms with E-state index in [1.807, 2.05) is 0 Å². The molecule has 0 radical (unpaired) electrons. The number of aromatic nitrogens is 3. The van der Waals surface area contributed by atoms with Crippen molar-refractivity contribution in [3.05, 3.63) is 58.3 Å². The van der Waals surface area contributed by atoms with E-state index in [-0.39, 0.29) is 11.5 Å². The van der Waals surface area contributed by atoms with Gasteiger partial charge in [-0.25, -0.2) is 9.18 Å². The number of aryl methyl sites for hydroxylation is 1. The number of hydrogen-bond donors (Lipinski definition) is 1. The predicted octanol–water partition coefficient (Wildman–Crippen LogP) is 1.54. The number of benzene rings is 1. The van der Waals surface area contributed by atoms with Gasteiger partial charge in [0.1, 0.15) is 17.2 Å². The number of carbonyl (C=O) groups is 1. The summed E-state index contributed by atoms with van der Waals surface area (Å²) in [6, 6.07) is 8.26. The van der Waals surface area contributed by atoms with Crippen molar-refractivity contribution < 1.29 is 14.3 Å². The number of carboxylic acids is 1. The first-order valence-corrected chi connectivity index (χ1v) is 6.06. The van der Waals surface area contributed by atoms with Crippen LogP contribution in [0.1, 0.15) is 10.5 Å². The van der Waals surface area contributed by atoms with E-state index in [4.69, 9.17) is 5.11 Å². The Morgan fingerprint density at radius 2 is 1.90 bits per heavy atom. The zero-order chi connectivity index (χ0) is 15.1. The van der Waals surface area contributed by atoms with Crippen LogP contribution in [0, 0.1) is 5.82 Å². The van der Waals surface area contributed by atoms with Crippen molar-refractivity contribution >= 4 is 11.6 Å². The molecule has 0 aliphatic rings. The molecule has 0 fully saturated rings. The summed E-state index contributed by atoms with van der Waals surface area (Å²) < 4.78 is 15.4. The third kappa shape index (κ3) is 2.08. The Hall–Kier alpha value is -2.96. The highest BCUT2D eigenvalue weighted by Gasteiger charge is 2.14. The third-order valence-corrected chi connectivity index (χ3v) is 3.22. The van der Waals surface area contributed by atoms with Gasteiger partial charge in [-0.3, -0.25) is 4.79 Å². The van der Waals surface area contributed by atoms with E-state index in [1.165, 1.54) is 23.7 Å². The molecule has 6 nitrogen and oxygen atoms in total. The molecule has 2 heterocycles. The number of nitrogens with zero attached hydrogens (tertiary/aromatic N) is 3. The van der Waals surface area contributed by atoms with Crippen LogP contribution in [0.4, 0.5) is 4.39 Å². The summed E-state index contributed by atoms with van der Waals surface area (Å²) in [5.41, 5.74) is 0.785. The molecule has 106 valence electrons. The molecule has 21 heavy (non-hydrogen) atoms. The first-order valence-electron chi connectivity index (χ1n) is 6.06. The molecule has 0 saturated heterocycles. The minimum Gasteiger partial charge on any atom is -0.477 e. The lowest BCUT2D eigenvalue weighted by Crippen LogP contribution is -2.21. The minimum absolute atomic E-state index is 0.127. The van der Waals surface area contributed by atoms with Crippen LogP contribution in [0.3, 0.4) is 0 Å². The van der Waals surface area contributed by atoms with Crippen LogP contribution in [-0.4, -0.2) is 25.3 Å². The smallest absolute Gasteiger partial charge is 0.352 e. The van der Waals surface area contributed by atoms with Gasteiger partial charge in [-0.2, -0.15) is 9.61 Å². The maximum Gasteiger partial charge on any atom is 0.352 e. The van der Waals surface area contributed by atoms with E-state index in [9.17, 15) is 14.0 Å². The van der Waals surface area contributed by atoms with Gasteiger partial charge in [-0.1, -0.05) is 0 Å². The standard InChI is InChI=1S/C14H10FN3O3/c1-17-11(14(20)21)7-13(19)18-12(17)6-10(16-18)8-2-4-9(15)5-3-8/h2-7H,1H3,(H,20,21). The predicted molar refractivity (Wildman–Crippen MR) is 72.8 cm³/mol. The second-order valence-electron chi connectivity index (χ2n) is 4.54. The summed E-state index contributed by atoms with van der Waals surface area (Å²) in [4.78, 5) is 23.0. The van der Waals surface area contributed by atoms with Crippen LogP contribution in [0.5, 0.6) is 0 Å². The Morgan fingerprint density at radius 1 is 1.24 bits per heavy atom. The van der Waals surface area contributed by atoms with E-state index in [1.54, 1.807) is 18.2 Å². The molecule has 0 amide bonds. The molecule has 0 atom stereocenters. The van der Waals surface area contributed by atoms with Gasteiger partial charge in [0.05, 0.1) is 5.69 Å². The zero-order valence-corrected chi connectivity index (χ0v) is 10.9. The average molecular weight is 287 g/mol. The van der Waals surface area contributed by atoms with E-state index in [0.29, 0.717) is 16.9 Å². The molecule has 3 aromatic rings. The molecular weight excluding hydrogens is 277 g/mol. The van der Waals surface area contributed by atoms with Gasteiger partial charge in [0.2, 0.25) is 0 Å². The quantitative estimate of drug-likeness (QED) is 0.775. The van der Waals surface area contributed by atoms with Crippen LogP contribution in [0.25, 0.3) is 16.9 Å². The highest BCUT2D eigenvalue weighted by Crippen LogP contribution is 2.19. The van der Waals surface area contributed by atoms with Gasteiger partial charge in [-0.15, -0.1) is 0 Å². The molecule has 2 aromatic heterocycles. The summed E-state index contributed by atoms with van der Waals surface area (Å²) in [7, 11) is 1.54. The van der Waals surface area contributed by atoms with Gasteiger partial charge < -0.3 is 9.67 Å². The molecule has 0 saturated carbocycles. The third-order valence-electron chi connectivity index (χ3n) is 3.22. The first-order chi connectivity index (χ1) is 9.97. The molecule has 0 spiro atoms. The van der Waals surface area contributed by atoms with E-state index in [2.05, 4.69) is 5.10 Å². The van der Waals surface area contributed by atoms with Crippen molar-refractivity contribution in [2.24, 2.45) is 7.05 Å². The van der Waals surface area contributed by atoms with Gasteiger partial charge in [0.25, 0.3) is 5.56 Å². The minimum atomic E-state index is -1.19. The molecular formula is C14H10FN3O3. The highest BCUT2D eigenvalue weighted by molar-refractivity contribution is 5.86. The summed E-state index contributed by atoms with van der Waals surface area (Å²) in [6.07, 6.45) is 0. The van der Waals surface area contributed by atoms with Gasteiger partial charge in [-0.05, 0) is 24.3 Å². The van der Waals surface area contributed by atoms with Crippen LogP contribution in [0.15, 0.2) is 41.2 Å². The fourth-order valence-corrected chi connectivity index (χ4v) is 2.14. The second kappa shape index (κ2) is 4.55. The monoisotopic (exact) mass is 287 g/mol. The molecule has 1 N–H and O–H groups in total. The number of hydrogen-bond acceptors (Lipinski definition) is 3.